The van der Waals surface area contributed by atoms with Gasteiger partial charge in [0.2, 0.25) is 0 Å². The monoisotopic (exact) mass is 253 g/mol. The number of halogens is 1. The van der Waals surface area contributed by atoms with Crippen LogP contribution in [0.1, 0.15) is 10.4 Å². The molecule has 1 heterocycles. The van der Waals surface area contributed by atoms with Crippen molar-refractivity contribution in [3.8, 4) is 0 Å². The minimum Gasteiger partial charge on any atom is -0.293 e. The predicted molar refractivity (Wildman–Crippen MR) is 62.9 cm³/mol. The van der Waals surface area contributed by atoms with E-state index in [9.17, 15) is 4.79 Å². The lowest BCUT2D eigenvalue weighted by Crippen LogP contribution is -2.01. The topological polar surface area (TPSA) is 58.6 Å². The lowest BCUT2D eigenvalue weighted by atomic mass is 10.1. The predicted octanol–water partition coefficient (Wildman–Crippen LogP) is 2.43. The first-order valence-corrected chi connectivity index (χ1v) is 5.89. The van der Waals surface area contributed by atoms with Crippen LogP contribution >= 0.6 is 23.4 Å². The Kier molecular flexibility index (Phi) is 3.58. The summed E-state index contributed by atoms with van der Waals surface area (Å²) in [5.41, 5.74) is 0.653. The number of nitrogens with one attached hydrogen (secondary N) is 1. The summed E-state index contributed by atoms with van der Waals surface area (Å²) in [5.74, 6) is 0.387. The quantitative estimate of drug-likeness (QED) is 0.672. The Morgan fingerprint density at radius 3 is 2.75 bits per heavy atom. The van der Waals surface area contributed by atoms with E-state index in [1.165, 1.54) is 11.8 Å². The van der Waals surface area contributed by atoms with Crippen LogP contribution in [-0.2, 0) is 0 Å². The molecule has 1 aromatic heterocycles. The fraction of sp³-hybridized carbons (Fsp3) is 0.100. The van der Waals surface area contributed by atoms with Gasteiger partial charge in [0, 0.05) is 10.6 Å². The molecule has 0 spiro atoms. The highest BCUT2D eigenvalue weighted by atomic mass is 35.5. The number of benzene rings is 1. The first kappa shape index (κ1) is 11.2. The summed E-state index contributed by atoms with van der Waals surface area (Å²) in [6, 6.07) is 6.84. The minimum absolute atomic E-state index is 0.0460. The van der Waals surface area contributed by atoms with Crippen LogP contribution in [0.3, 0.4) is 0 Å². The number of nitrogens with zero attached hydrogens (tertiary/aromatic N) is 2. The van der Waals surface area contributed by atoms with Gasteiger partial charge in [0.1, 0.15) is 5.03 Å². The molecule has 0 atom stereocenters. The highest BCUT2D eigenvalue weighted by molar-refractivity contribution is 7.99. The molecule has 0 saturated carbocycles. The standard InChI is InChI=1S/C10H8ClN3OS/c11-8-3-1-7(2-4-8)9(15)6-16-10-5-12-14-13-10/h1-5H,6H2,(H,12,13,14). The van der Waals surface area contributed by atoms with Crippen molar-refractivity contribution < 1.29 is 4.79 Å². The molecule has 2 rings (SSSR count). The number of ketones is 1. The Labute approximate surface area is 101 Å². The second kappa shape index (κ2) is 5.14. The number of aromatic amines is 1. The van der Waals surface area contributed by atoms with Gasteiger partial charge in [-0.3, -0.25) is 4.79 Å². The number of rotatable bonds is 4. The smallest absolute Gasteiger partial charge is 0.173 e. The summed E-state index contributed by atoms with van der Waals surface area (Å²) in [4.78, 5) is 11.7. The van der Waals surface area contributed by atoms with Gasteiger partial charge in [-0.05, 0) is 24.3 Å². The molecule has 0 unspecified atom stereocenters. The van der Waals surface area contributed by atoms with E-state index >= 15 is 0 Å². The second-order valence-corrected chi connectivity index (χ2v) is 4.46. The van der Waals surface area contributed by atoms with Gasteiger partial charge < -0.3 is 0 Å². The Morgan fingerprint density at radius 2 is 2.12 bits per heavy atom. The van der Waals surface area contributed by atoms with Crippen molar-refractivity contribution in [2.24, 2.45) is 0 Å². The van der Waals surface area contributed by atoms with Crippen molar-refractivity contribution in [3.05, 3.63) is 41.0 Å². The maximum absolute atomic E-state index is 11.7. The summed E-state index contributed by atoms with van der Waals surface area (Å²) in [5, 5.41) is 11.3. The summed E-state index contributed by atoms with van der Waals surface area (Å²) in [6.45, 7) is 0. The third kappa shape index (κ3) is 2.84. The van der Waals surface area contributed by atoms with Crippen LogP contribution in [0.5, 0.6) is 0 Å². The second-order valence-electron chi connectivity index (χ2n) is 3.03. The van der Waals surface area contributed by atoms with Gasteiger partial charge in [0.05, 0.1) is 11.9 Å². The number of aromatic nitrogens is 3. The van der Waals surface area contributed by atoms with E-state index in [2.05, 4.69) is 15.4 Å². The molecule has 1 aromatic carbocycles. The Balaban J connectivity index is 1.95. The van der Waals surface area contributed by atoms with Gasteiger partial charge in [-0.2, -0.15) is 10.3 Å². The molecule has 0 bridgehead atoms. The summed E-state index contributed by atoms with van der Waals surface area (Å²) in [6.07, 6.45) is 1.58. The number of carbonyl (C=O) groups is 1. The average Bonchev–Trinajstić information content (AvgIpc) is 2.80. The van der Waals surface area contributed by atoms with Gasteiger partial charge in [-0.15, -0.1) is 5.10 Å². The van der Waals surface area contributed by atoms with Gasteiger partial charge in [0.15, 0.2) is 5.78 Å². The van der Waals surface area contributed by atoms with Crippen molar-refractivity contribution in [1.82, 2.24) is 15.4 Å². The van der Waals surface area contributed by atoms with Crippen molar-refractivity contribution in [2.45, 2.75) is 5.03 Å². The zero-order chi connectivity index (χ0) is 11.4. The average molecular weight is 254 g/mol. The molecular formula is C10H8ClN3OS. The van der Waals surface area contributed by atoms with Crippen LogP contribution in [0.15, 0.2) is 35.5 Å². The van der Waals surface area contributed by atoms with E-state index in [-0.39, 0.29) is 5.78 Å². The lowest BCUT2D eigenvalue weighted by molar-refractivity contribution is 0.102. The van der Waals surface area contributed by atoms with E-state index < -0.39 is 0 Å². The molecule has 0 amide bonds. The number of thioether (sulfide) groups is 1. The number of carbonyl (C=O) groups excluding carboxylic acids is 1. The van der Waals surface area contributed by atoms with Crippen LogP contribution < -0.4 is 0 Å². The molecule has 6 heteroatoms. The van der Waals surface area contributed by atoms with Crippen LogP contribution in [0.4, 0.5) is 0 Å². The van der Waals surface area contributed by atoms with E-state index in [1.54, 1.807) is 30.5 Å². The SMILES string of the molecule is O=C(CSc1cn[nH]n1)c1ccc(Cl)cc1. The number of H-pyrrole nitrogens is 1. The van der Waals surface area contributed by atoms with E-state index in [0.717, 1.165) is 0 Å². The molecule has 82 valence electrons. The highest BCUT2D eigenvalue weighted by Gasteiger charge is 2.07. The lowest BCUT2D eigenvalue weighted by Gasteiger charge is -1.99. The van der Waals surface area contributed by atoms with Crippen LogP contribution in [-0.4, -0.2) is 26.9 Å². The third-order valence-electron chi connectivity index (χ3n) is 1.91. The van der Waals surface area contributed by atoms with Crippen LogP contribution in [0, 0.1) is 0 Å². The minimum atomic E-state index is 0.0460. The van der Waals surface area contributed by atoms with E-state index in [1.807, 2.05) is 0 Å². The van der Waals surface area contributed by atoms with Gasteiger partial charge in [-0.1, -0.05) is 23.4 Å². The fourth-order valence-corrected chi connectivity index (χ4v) is 1.92. The molecule has 2 aromatic rings. The van der Waals surface area contributed by atoms with E-state index in [4.69, 9.17) is 11.6 Å². The Morgan fingerprint density at radius 1 is 1.38 bits per heavy atom. The molecule has 4 nitrogen and oxygen atoms in total. The number of Topliss-reactive ketones (excluding diaryl/α,β-unsaturated/α-hetero) is 1. The van der Waals surface area contributed by atoms with Crippen LogP contribution in [0.25, 0.3) is 0 Å². The summed E-state index contributed by atoms with van der Waals surface area (Å²) >= 11 is 7.08. The Hall–Kier alpha value is -1.33. The van der Waals surface area contributed by atoms with Crippen molar-refractivity contribution in [2.75, 3.05) is 5.75 Å². The molecule has 0 saturated heterocycles. The maximum Gasteiger partial charge on any atom is 0.173 e. The van der Waals surface area contributed by atoms with E-state index in [0.29, 0.717) is 21.4 Å². The third-order valence-corrected chi connectivity index (χ3v) is 3.06. The number of hydrogen-bond donors (Lipinski definition) is 1. The molecule has 1 N–H and O–H groups in total. The fourth-order valence-electron chi connectivity index (χ4n) is 1.12. The van der Waals surface area contributed by atoms with Crippen molar-refractivity contribution in [3.63, 3.8) is 0 Å². The van der Waals surface area contributed by atoms with Crippen LogP contribution in [0.2, 0.25) is 5.02 Å². The molecule has 0 radical (unpaired) electrons. The molecule has 0 aliphatic heterocycles. The first-order chi connectivity index (χ1) is 7.75. The van der Waals surface area contributed by atoms with Gasteiger partial charge >= 0.3 is 0 Å². The maximum atomic E-state index is 11.7. The first-order valence-electron chi connectivity index (χ1n) is 4.53. The molecule has 0 aliphatic carbocycles. The Bertz CT molecular complexity index is 469. The molecule has 0 aliphatic rings. The zero-order valence-corrected chi connectivity index (χ0v) is 9.76. The highest BCUT2D eigenvalue weighted by Crippen LogP contribution is 2.16. The normalized spacial score (nSPS) is 10.3. The van der Waals surface area contributed by atoms with Crippen molar-refractivity contribution in [1.29, 1.82) is 0 Å². The summed E-state index contributed by atoms with van der Waals surface area (Å²) < 4.78 is 0. The van der Waals surface area contributed by atoms with Crippen molar-refractivity contribution >= 4 is 29.1 Å². The molecule has 0 fully saturated rings. The summed E-state index contributed by atoms with van der Waals surface area (Å²) in [7, 11) is 0. The molecule has 16 heavy (non-hydrogen) atoms. The number of hydrogen-bond acceptors (Lipinski definition) is 4. The van der Waals surface area contributed by atoms with Gasteiger partial charge in [-0.25, -0.2) is 0 Å². The zero-order valence-electron chi connectivity index (χ0n) is 8.18. The largest absolute Gasteiger partial charge is 0.293 e. The van der Waals surface area contributed by atoms with Gasteiger partial charge in [0.25, 0.3) is 0 Å². The molecular weight excluding hydrogens is 246 g/mol.